The van der Waals surface area contributed by atoms with Gasteiger partial charge in [0.25, 0.3) is 17.5 Å². The first-order valence-electron chi connectivity index (χ1n) is 10.5. The maximum atomic E-state index is 13.3. The molecule has 1 N–H and O–H groups in total. The third-order valence-corrected chi connectivity index (χ3v) is 6.30. The molecule has 1 fully saturated rings. The molecule has 1 heterocycles. The summed E-state index contributed by atoms with van der Waals surface area (Å²) in [6.07, 6.45) is 1.34. The number of hydrogen-bond acceptors (Lipinski definition) is 6. The first-order chi connectivity index (χ1) is 17.2. The summed E-state index contributed by atoms with van der Waals surface area (Å²) in [6, 6.07) is 14.8. The molecule has 1 aliphatic heterocycles. The van der Waals surface area contributed by atoms with Crippen LogP contribution in [-0.4, -0.2) is 22.8 Å². The van der Waals surface area contributed by atoms with E-state index in [1.54, 1.807) is 55.5 Å². The van der Waals surface area contributed by atoms with Crippen molar-refractivity contribution in [2.45, 2.75) is 13.5 Å². The van der Waals surface area contributed by atoms with Gasteiger partial charge in [0, 0.05) is 27.2 Å². The average molecular weight is 571 g/mol. The van der Waals surface area contributed by atoms with E-state index >= 15 is 0 Å². The van der Waals surface area contributed by atoms with Crippen molar-refractivity contribution in [3.63, 3.8) is 0 Å². The van der Waals surface area contributed by atoms with Gasteiger partial charge in [-0.05, 0) is 66.6 Å². The van der Waals surface area contributed by atoms with Crippen LogP contribution in [0.2, 0.25) is 5.02 Å². The zero-order valence-electron chi connectivity index (χ0n) is 18.7. The molecular weight excluding hydrogens is 554 g/mol. The van der Waals surface area contributed by atoms with E-state index in [-0.39, 0.29) is 23.6 Å². The van der Waals surface area contributed by atoms with Crippen molar-refractivity contribution in [2.24, 2.45) is 0 Å². The maximum Gasteiger partial charge on any atom is 0.335 e. The molecule has 0 aromatic heterocycles. The Morgan fingerprint density at radius 2 is 1.83 bits per heavy atom. The van der Waals surface area contributed by atoms with Crippen molar-refractivity contribution < 1.29 is 24.0 Å². The SMILES string of the molecule is Cc1c(Cl)cccc1N1C(=O)NC(=O)/C(=C\c2cc(Br)ccc2OCc2ccc([N+](=O)[O-])cc2)C1=O. The molecule has 0 unspecified atom stereocenters. The molecule has 4 amide bonds. The van der Waals surface area contributed by atoms with E-state index in [0.29, 0.717) is 31.9 Å². The minimum absolute atomic E-state index is 0.0383. The predicted molar refractivity (Wildman–Crippen MR) is 137 cm³/mol. The van der Waals surface area contributed by atoms with Gasteiger partial charge in [-0.15, -0.1) is 0 Å². The fraction of sp³-hybridized carbons (Fsp3) is 0.0800. The summed E-state index contributed by atoms with van der Waals surface area (Å²) < 4.78 is 6.55. The number of hydrogen-bond donors (Lipinski definition) is 1. The van der Waals surface area contributed by atoms with Crippen LogP contribution in [0.4, 0.5) is 16.2 Å². The van der Waals surface area contributed by atoms with Crippen LogP contribution in [-0.2, 0) is 16.2 Å². The number of anilines is 1. The third kappa shape index (κ3) is 5.14. The van der Waals surface area contributed by atoms with Gasteiger partial charge in [-0.1, -0.05) is 33.6 Å². The maximum absolute atomic E-state index is 13.3. The fourth-order valence-corrected chi connectivity index (χ4v) is 4.06. The summed E-state index contributed by atoms with van der Waals surface area (Å²) in [5, 5.41) is 13.4. The van der Waals surface area contributed by atoms with Gasteiger partial charge in [-0.2, -0.15) is 0 Å². The Morgan fingerprint density at radius 1 is 1.11 bits per heavy atom. The van der Waals surface area contributed by atoms with Gasteiger partial charge < -0.3 is 4.74 Å². The number of ether oxygens (including phenoxy) is 1. The average Bonchev–Trinajstić information content (AvgIpc) is 2.84. The summed E-state index contributed by atoms with van der Waals surface area (Å²) in [5.74, 6) is -1.30. The standard InChI is InChI=1S/C25H17BrClN3O6/c1-14-20(27)3-2-4-21(14)29-24(32)19(23(31)28-25(29)33)12-16-11-17(26)7-10-22(16)36-13-15-5-8-18(9-6-15)30(34)35/h2-12H,13H2,1H3,(H,28,31,33)/b19-12+. The Labute approximate surface area is 218 Å². The third-order valence-electron chi connectivity index (χ3n) is 5.39. The molecule has 36 heavy (non-hydrogen) atoms. The number of nitro groups is 1. The Hall–Kier alpha value is -4.02. The number of urea groups is 1. The number of nitro benzene ring substituents is 1. The predicted octanol–water partition coefficient (Wildman–Crippen LogP) is 5.56. The van der Waals surface area contributed by atoms with Crippen molar-refractivity contribution in [2.75, 3.05) is 4.90 Å². The molecular formula is C25H17BrClN3O6. The second-order valence-electron chi connectivity index (χ2n) is 7.74. The zero-order chi connectivity index (χ0) is 26.0. The van der Waals surface area contributed by atoms with E-state index in [1.165, 1.54) is 18.2 Å². The molecule has 3 aromatic carbocycles. The highest BCUT2D eigenvalue weighted by Crippen LogP contribution is 2.31. The molecule has 0 bridgehead atoms. The van der Waals surface area contributed by atoms with E-state index in [1.807, 2.05) is 0 Å². The number of amides is 4. The molecule has 4 rings (SSSR count). The monoisotopic (exact) mass is 569 g/mol. The highest BCUT2D eigenvalue weighted by atomic mass is 79.9. The van der Waals surface area contributed by atoms with Gasteiger partial charge in [0.15, 0.2) is 0 Å². The van der Waals surface area contributed by atoms with E-state index in [9.17, 15) is 24.5 Å². The van der Waals surface area contributed by atoms with Gasteiger partial charge in [-0.25, -0.2) is 9.69 Å². The van der Waals surface area contributed by atoms with Gasteiger partial charge in [0.05, 0.1) is 10.6 Å². The number of carbonyl (C=O) groups excluding carboxylic acids is 3. The van der Waals surface area contributed by atoms with Gasteiger partial charge in [0.1, 0.15) is 17.9 Å². The quantitative estimate of drug-likeness (QED) is 0.179. The molecule has 0 aliphatic carbocycles. The molecule has 0 atom stereocenters. The van der Waals surface area contributed by atoms with Crippen molar-refractivity contribution in [1.82, 2.24) is 5.32 Å². The topological polar surface area (TPSA) is 119 Å². The summed E-state index contributed by atoms with van der Waals surface area (Å²) >= 11 is 9.54. The van der Waals surface area contributed by atoms with E-state index < -0.39 is 22.8 Å². The van der Waals surface area contributed by atoms with Crippen LogP contribution >= 0.6 is 27.5 Å². The smallest absolute Gasteiger partial charge is 0.335 e. The van der Waals surface area contributed by atoms with Gasteiger partial charge in [0.2, 0.25) is 0 Å². The van der Waals surface area contributed by atoms with Crippen LogP contribution in [0.3, 0.4) is 0 Å². The number of benzene rings is 3. The number of halogens is 2. The normalized spacial score (nSPS) is 14.7. The molecule has 1 saturated heterocycles. The number of imide groups is 2. The zero-order valence-corrected chi connectivity index (χ0v) is 21.0. The Kier molecular flexibility index (Phi) is 7.18. The van der Waals surface area contributed by atoms with Crippen molar-refractivity contribution in [1.29, 1.82) is 0 Å². The van der Waals surface area contributed by atoms with Crippen LogP contribution in [0.1, 0.15) is 16.7 Å². The summed E-state index contributed by atoms with van der Waals surface area (Å²) in [5.41, 5.74) is 1.54. The van der Waals surface area contributed by atoms with Crippen LogP contribution in [0.25, 0.3) is 6.08 Å². The Balaban J connectivity index is 1.66. The molecule has 0 spiro atoms. The minimum Gasteiger partial charge on any atom is -0.488 e. The first-order valence-corrected chi connectivity index (χ1v) is 11.6. The Morgan fingerprint density at radius 3 is 2.53 bits per heavy atom. The molecule has 3 aromatic rings. The van der Waals surface area contributed by atoms with E-state index in [4.69, 9.17) is 16.3 Å². The Bertz CT molecular complexity index is 1440. The number of non-ortho nitro benzene ring substituents is 1. The molecule has 0 saturated carbocycles. The summed E-state index contributed by atoms with van der Waals surface area (Å²) in [4.78, 5) is 49.7. The highest BCUT2D eigenvalue weighted by Gasteiger charge is 2.37. The minimum atomic E-state index is -0.878. The lowest BCUT2D eigenvalue weighted by atomic mass is 10.0. The number of nitrogens with one attached hydrogen (secondary N) is 1. The second-order valence-corrected chi connectivity index (χ2v) is 9.06. The molecule has 11 heteroatoms. The van der Waals surface area contributed by atoms with Crippen molar-refractivity contribution >= 4 is 62.8 Å². The number of carbonyl (C=O) groups is 3. The number of nitrogens with zero attached hydrogens (tertiary/aromatic N) is 2. The van der Waals surface area contributed by atoms with Crippen LogP contribution < -0.4 is 15.0 Å². The van der Waals surface area contributed by atoms with Crippen LogP contribution in [0, 0.1) is 17.0 Å². The number of barbiturate groups is 1. The van der Waals surface area contributed by atoms with Gasteiger partial charge >= 0.3 is 6.03 Å². The molecule has 9 nitrogen and oxygen atoms in total. The second kappa shape index (κ2) is 10.3. The fourth-order valence-electron chi connectivity index (χ4n) is 3.51. The first kappa shape index (κ1) is 25.1. The molecule has 1 aliphatic rings. The molecule has 182 valence electrons. The van der Waals surface area contributed by atoms with Crippen molar-refractivity contribution in [3.8, 4) is 5.75 Å². The van der Waals surface area contributed by atoms with E-state index in [2.05, 4.69) is 21.2 Å². The van der Waals surface area contributed by atoms with E-state index in [0.717, 1.165) is 4.90 Å². The molecule has 0 radical (unpaired) electrons. The number of rotatable bonds is 6. The lowest BCUT2D eigenvalue weighted by molar-refractivity contribution is -0.384. The van der Waals surface area contributed by atoms with Crippen molar-refractivity contribution in [3.05, 3.63) is 103 Å². The lowest BCUT2D eigenvalue weighted by Crippen LogP contribution is -2.54. The lowest BCUT2D eigenvalue weighted by Gasteiger charge is -2.27. The van der Waals surface area contributed by atoms with Crippen LogP contribution in [0.5, 0.6) is 5.75 Å². The van der Waals surface area contributed by atoms with Crippen LogP contribution in [0.15, 0.2) is 70.7 Å². The summed E-state index contributed by atoms with van der Waals surface area (Å²) in [7, 11) is 0. The summed E-state index contributed by atoms with van der Waals surface area (Å²) in [6.45, 7) is 1.75. The highest BCUT2D eigenvalue weighted by molar-refractivity contribution is 9.10. The van der Waals surface area contributed by atoms with Gasteiger partial charge in [-0.3, -0.25) is 25.0 Å². The largest absolute Gasteiger partial charge is 0.488 e.